The largest absolute Gasteiger partial charge is 0.339 e. The van der Waals surface area contributed by atoms with Crippen LogP contribution in [0.5, 0.6) is 0 Å². The third-order valence-corrected chi connectivity index (χ3v) is 8.31. The molecule has 0 radical (unpaired) electrons. The fraction of sp³-hybridized carbons (Fsp3) is 0.484. The predicted octanol–water partition coefficient (Wildman–Crippen LogP) is 6.06. The van der Waals surface area contributed by atoms with Crippen LogP contribution in [-0.2, 0) is 9.59 Å². The van der Waals surface area contributed by atoms with Crippen molar-refractivity contribution in [3.05, 3.63) is 59.7 Å². The first-order valence-electron chi connectivity index (χ1n) is 14.2. The normalized spacial score (nSPS) is 15.5. The van der Waals surface area contributed by atoms with Gasteiger partial charge in [0.25, 0.3) is 0 Å². The zero-order valence-corrected chi connectivity index (χ0v) is 24.5. The monoisotopic (exact) mass is 547 g/mol. The van der Waals surface area contributed by atoms with Crippen molar-refractivity contribution >= 4 is 23.6 Å². The highest BCUT2D eigenvalue weighted by atomic mass is 32.2. The Morgan fingerprint density at radius 1 is 0.872 bits per heavy atom. The first-order chi connectivity index (χ1) is 18.9. The van der Waals surface area contributed by atoms with Crippen LogP contribution in [0.15, 0.2) is 53.7 Å². The zero-order valence-electron chi connectivity index (χ0n) is 23.7. The molecule has 1 atom stereocenters. The van der Waals surface area contributed by atoms with E-state index in [1.165, 1.54) is 11.1 Å². The van der Waals surface area contributed by atoms with Crippen molar-refractivity contribution in [2.75, 3.05) is 25.4 Å². The van der Waals surface area contributed by atoms with E-state index in [0.29, 0.717) is 32.5 Å². The summed E-state index contributed by atoms with van der Waals surface area (Å²) in [5, 5.41) is 9.89. The first-order valence-corrected chi connectivity index (χ1v) is 15.2. The summed E-state index contributed by atoms with van der Waals surface area (Å²) in [6.45, 7) is 10.2. The van der Waals surface area contributed by atoms with Gasteiger partial charge in [-0.3, -0.25) is 14.2 Å². The predicted molar refractivity (Wildman–Crippen MR) is 158 cm³/mol. The van der Waals surface area contributed by atoms with E-state index in [1.54, 1.807) is 11.8 Å². The van der Waals surface area contributed by atoms with E-state index in [9.17, 15) is 9.59 Å². The number of carbonyl (C=O) groups is 2. The van der Waals surface area contributed by atoms with Gasteiger partial charge in [-0.15, -0.1) is 10.2 Å². The van der Waals surface area contributed by atoms with E-state index in [1.807, 2.05) is 9.80 Å². The van der Waals surface area contributed by atoms with Crippen molar-refractivity contribution < 1.29 is 9.59 Å². The van der Waals surface area contributed by atoms with Crippen LogP contribution in [0.4, 0.5) is 0 Å². The molecule has 1 unspecified atom stereocenters. The van der Waals surface area contributed by atoms with Gasteiger partial charge in [-0.1, -0.05) is 79.1 Å². The Balaban J connectivity index is 1.33. The minimum atomic E-state index is 0.0689. The van der Waals surface area contributed by atoms with Crippen molar-refractivity contribution in [1.29, 1.82) is 0 Å². The van der Waals surface area contributed by atoms with E-state index in [2.05, 4.69) is 91.0 Å². The van der Waals surface area contributed by atoms with Crippen LogP contribution in [0.2, 0.25) is 0 Å². The SMILES string of the molecule is CCCCCC(=O)N1CCN(C(=O)CCCSc2nnc(-c3ccc(C)cc3)n2-c2ccc(C)cc2)CC1C. The molecule has 0 spiro atoms. The number of piperazine rings is 1. The highest BCUT2D eigenvalue weighted by Gasteiger charge is 2.29. The number of aryl methyl sites for hydroxylation is 2. The third kappa shape index (κ3) is 7.50. The molecule has 1 saturated heterocycles. The lowest BCUT2D eigenvalue weighted by molar-refractivity contribution is -0.142. The van der Waals surface area contributed by atoms with E-state index in [0.717, 1.165) is 53.7 Å². The fourth-order valence-electron chi connectivity index (χ4n) is 4.95. The maximum atomic E-state index is 13.0. The Labute approximate surface area is 237 Å². The fourth-order valence-corrected chi connectivity index (χ4v) is 5.84. The second-order valence-corrected chi connectivity index (χ2v) is 11.6. The van der Waals surface area contributed by atoms with Crippen LogP contribution in [0.3, 0.4) is 0 Å². The molecular formula is C31H41N5O2S. The van der Waals surface area contributed by atoms with Crippen molar-refractivity contribution in [3.63, 3.8) is 0 Å². The molecule has 39 heavy (non-hydrogen) atoms. The number of amides is 2. The zero-order chi connectivity index (χ0) is 27.8. The molecule has 8 heteroatoms. The standard InChI is InChI=1S/C31H41N5O2S/c1-5-6-7-9-29(38)35-20-19-34(22-25(35)4)28(37)10-8-21-39-31-33-32-30(26-15-11-23(2)12-16-26)36(31)27-17-13-24(3)14-18-27/h11-18,25H,5-10,19-22H2,1-4H3. The van der Waals surface area contributed by atoms with Gasteiger partial charge in [-0.25, -0.2) is 0 Å². The van der Waals surface area contributed by atoms with E-state index < -0.39 is 0 Å². The Hall–Kier alpha value is -3.13. The Morgan fingerprint density at radius 2 is 1.54 bits per heavy atom. The number of benzene rings is 2. The highest BCUT2D eigenvalue weighted by molar-refractivity contribution is 7.99. The Kier molecular flexibility index (Phi) is 10.2. The molecular weight excluding hydrogens is 506 g/mol. The molecule has 0 aliphatic carbocycles. The van der Waals surface area contributed by atoms with E-state index in [4.69, 9.17) is 0 Å². The van der Waals surface area contributed by atoms with Crippen molar-refractivity contribution in [1.82, 2.24) is 24.6 Å². The lowest BCUT2D eigenvalue weighted by atomic mass is 10.1. The van der Waals surface area contributed by atoms with Gasteiger partial charge < -0.3 is 9.80 Å². The van der Waals surface area contributed by atoms with Gasteiger partial charge in [0.2, 0.25) is 11.8 Å². The van der Waals surface area contributed by atoms with Gasteiger partial charge in [-0.05, 0) is 45.7 Å². The summed E-state index contributed by atoms with van der Waals surface area (Å²) in [6.07, 6.45) is 5.01. The molecule has 7 nitrogen and oxygen atoms in total. The molecule has 1 fully saturated rings. The van der Waals surface area contributed by atoms with Crippen LogP contribution >= 0.6 is 11.8 Å². The van der Waals surface area contributed by atoms with Crippen LogP contribution in [-0.4, -0.2) is 67.8 Å². The molecule has 1 aliphatic rings. The number of carbonyl (C=O) groups excluding carboxylic acids is 2. The van der Waals surface area contributed by atoms with Crippen LogP contribution < -0.4 is 0 Å². The summed E-state index contributed by atoms with van der Waals surface area (Å²) >= 11 is 1.63. The Bertz CT molecular complexity index is 1240. The second-order valence-electron chi connectivity index (χ2n) is 10.5. The summed E-state index contributed by atoms with van der Waals surface area (Å²) in [4.78, 5) is 29.4. The molecule has 2 amide bonds. The number of nitrogens with zero attached hydrogens (tertiary/aromatic N) is 5. The number of thioether (sulfide) groups is 1. The summed E-state index contributed by atoms with van der Waals surface area (Å²) < 4.78 is 2.11. The van der Waals surface area contributed by atoms with E-state index >= 15 is 0 Å². The maximum Gasteiger partial charge on any atom is 0.222 e. The maximum absolute atomic E-state index is 13.0. The van der Waals surface area contributed by atoms with Crippen LogP contribution in [0.25, 0.3) is 17.1 Å². The average molecular weight is 548 g/mol. The molecule has 208 valence electrons. The average Bonchev–Trinajstić information content (AvgIpc) is 3.35. The molecule has 0 saturated carbocycles. The highest BCUT2D eigenvalue weighted by Crippen LogP contribution is 2.29. The smallest absolute Gasteiger partial charge is 0.222 e. The number of rotatable bonds is 11. The molecule has 1 aromatic heterocycles. The molecule has 3 aromatic rings. The summed E-state index contributed by atoms with van der Waals surface area (Å²) in [5.41, 5.74) is 4.45. The van der Waals surface area contributed by atoms with Gasteiger partial charge in [0, 0.05) is 55.5 Å². The number of hydrogen-bond acceptors (Lipinski definition) is 5. The van der Waals surface area contributed by atoms with E-state index in [-0.39, 0.29) is 17.9 Å². The van der Waals surface area contributed by atoms with Crippen molar-refractivity contribution in [2.24, 2.45) is 0 Å². The van der Waals surface area contributed by atoms with Crippen molar-refractivity contribution in [2.45, 2.75) is 77.4 Å². The second kappa shape index (κ2) is 13.8. The number of unbranched alkanes of at least 4 members (excludes halogenated alkanes) is 2. The molecule has 4 rings (SSSR count). The van der Waals surface area contributed by atoms with Gasteiger partial charge in [0.15, 0.2) is 11.0 Å². The molecule has 1 aliphatic heterocycles. The van der Waals surface area contributed by atoms with Crippen LogP contribution in [0, 0.1) is 13.8 Å². The minimum absolute atomic E-state index is 0.0689. The lowest BCUT2D eigenvalue weighted by Crippen LogP contribution is -2.55. The third-order valence-electron chi connectivity index (χ3n) is 7.30. The lowest BCUT2D eigenvalue weighted by Gasteiger charge is -2.40. The minimum Gasteiger partial charge on any atom is -0.339 e. The summed E-state index contributed by atoms with van der Waals surface area (Å²) in [6, 6.07) is 16.8. The van der Waals surface area contributed by atoms with Gasteiger partial charge >= 0.3 is 0 Å². The Morgan fingerprint density at radius 3 is 2.21 bits per heavy atom. The summed E-state index contributed by atoms with van der Waals surface area (Å²) in [7, 11) is 0. The van der Waals surface area contributed by atoms with Crippen LogP contribution in [0.1, 0.15) is 63.5 Å². The molecule has 2 heterocycles. The quantitative estimate of drug-likeness (QED) is 0.215. The first kappa shape index (κ1) is 28.9. The number of hydrogen-bond donors (Lipinski definition) is 0. The molecule has 0 bridgehead atoms. The number of aromatic nitrogens is 3. The summed E-state index contributed by atoms with van der Waals surface area (Å²) in [5.74, 6) is 1.98. The molecule has 0 N–H and O–H groups in total. The van der Waals surface area contributed by atoms with Crippen molar-refractivity contribution in [3.8, 4) is 17.1 Å². The van der Waals surface area contributed by atoms with Gasteiger partial charge in [0.1, 0.15) is 0 Å². The molecule has 2 aromatic carbocycles. The topological polar surface area (TPSA) is 71.3 Å². The van der Waals surface area contributed by atoms with Gasteiger partial charge in [0.05, 0.1) is 0 Å². The van der Waals surface area contributed by atoms with Gasteiger partial charge in [-0.2, -0.15) is 0 Å².